The fourth-order valence-corrected chi connectivity index (χ4v) is 4.21. The summed E-state index contributed by atoms with van der Waals surface area (Å²) in [6.45, 7) is 16.3. The molecule has 1 fully saturated rings. The lowest BCUT2D eigenvalue weighted by Crippen LogP contribution is -2.38. The summed E-state index contributed by atoms with van der Waals surface area (Å²) in [5.74, 6) is 0.927. The first-order valence-corrected chi connectivity index (χ1v) is 10.3. The van der Waals surface area contributed by atoms with E-state index in [0.717, 1.165) is 31.0 Å². The van der Waals surface area contributed by atoms with Crippen LogP contribution in [-0.4, -0.2) is 24.7 Å². The molecule has 0 bridgehead atoms. The average molecular weight is 367 g/mol. The van der Waals surface area contributed by atoms with E-state index in [1.165, 1.54) is 40.9 Å². The number of aromatic nitrogens is 1. The monoisotopic (exact) mass is 366 g/mol. The molecule has 1 aromatic heterocycles. The van der Waals surface area contributed by atoms with Crippen LogP contribution in [0.2, 0.25) is 0 Å². The predicted molar refractivity (Wildman–Crippen MR) is 115 cm³/mol. The summed E-state index contributed by atoms with van der Waals surface area (Å²) < 4.78 is 5.63. The lowest BCUT2D eigenvalue weighted by Gasteiger charge is -2.40. The summed E-state index contributed by atoms with van der Waals surface area (Å²) in [6, 6.07) is 8.52. The van der Waals surface area contributed by atoms with E-state index < -0.39 is 0 Å². The van der Waals surface area contributed by atoms with Gasteiger partial charge in [-0.25, -0.2) is 0 Å². The standard InChI is InChI=1S/C24H34N2O/c1-7-21-17(3)25-18(4)22(19-9-11-20(12-10-19)27-8-2)23(21)26-15-13-24(5,6)14-16-26/h9-12H,7-8,13-16H2,1-6H3. The van der Waals surface area contributed by atoms with E-state index in [2.05, 4.69) is 63.8 Å². The highest BCUT2D eigenvalue weighted by molar-refractivity contribution is 5.83. The number of piperidine rings is 1. The van der Waals surface area contributed by atoms with Gasteiger partial charge in [-0.05, 0) is 68.7 Å². The van der Waals surface area contributed by atoms with Gasteiger partial charge < -0.3 is 9.64 Å². The third kappa shape index (κ3) is 4.12. The highest BCUT2D eigenvalue weighted by atomic mass is 16.5. The minimum Gasteiger partial charge on any atom is -0.494 e. The number of ether oxygens (including phenoxy) is 1. The van der Waals surface area contributed by atoms with Crippen LogP contribution >= 0.6 is 0 Å². The van der Waals surface area contributed by atoms with Gasteiger partial charge in [0.1, 0.15) is 5.75 Å². The molecule has 1 aliphatic rings. The number of hydrogen-bond acceptors (Lipinski definition) is 3. The van der Waals surface area contributed by atoms with Crippen molar-refractivity contribution < 1.29 is 4.74 Å². The molecular formula is C24H34N2O. The molecule has 0 radical (unpaired) electrons. The lowest BCUT2D eigenvalue weighted by atomic mass is 9.82. The largest absolute Gasteiger partial charge is 0.494 e. The van der Waals surface area contributed by atoms with Gasteiger partial charge in [-0.15, -0.1) is 0 Å². The summed E-state index contributed by atoms with van der Waals surface area (Å²) in [5, 5.41) is 0. The van der Waals surface area contributed by atoms with Gasteiger partial charge in [0, 0.05) is 30.0 Å². The van der Waals surface area contributed by atoms with Gasteiger partial charge in [0.25, 0.3) is 0 Å². The Hall–Kier alpha value is -2.03. The summed E-state index contributed by atoms with van der Waals surface area (Å²) in [6.07, 6.45) is 3.48. The molecule has 0 aliphatic carbocycles. The smallest absolute Gasteiger partial charge is 0.119 e. The fourth-order valence-electron chi connectivity index (χ4n) is 4.21. The van der Waals surface area contributed by atoms with Crippen molar-refractivity contribution in [2.75, 3.05) is 24.6 Å². The van der Waals surface area contributed by atoms with E-state index >= 15 is 0 Å². The Bertz CT molecular complexity index is 783. The van der Waals surface area contributed by atoms with Crippen LogP contribution in [0.25, 0.3) is 11.1 Å². The first-order valence-electron chi connectivity index (χ1n) is 10.3. The van der Waals surface area contributed by atoms with E-state index in [1.807, 2.05) is 6.92 Å². The number of rotatable bonds is 5. The molecule has 3 rings (SSSR count). The van der Waals surface area contributed by atoms with Crippen molar-refractivity contribution in [3.8, 4) is 16.9 Å². The van der Waals surface area contributed by atoms with Crippen molar-refractivity contribution in [3.05, 3.63) is 41.2 Å². The van der Waals surface area contributed by atoms with E-state index in [-0.39, 0.29) is 0 Å². The Morgan fingerprint density at radius 1 is 1.00 bits per heavy atom. The predicted octanol–water partition coefficient (Wildman–Crippen LogP) is 5.95. The molecule has 2 aromatic rings. The van der Waals surface area contributed by atoms with Crippen LogP contribution in [-0.2, 0) is 6.42 Å². The number of pyridine rings is 1. The maximum Gasteiger partial charge on any atom is 0.119 e. The molecule has 1 aromatic carbocycles. The molecular weight excluding hydrogens is 332 g/mol. The summed E-state index contributed by atoms with van der Waals surface area (Å²) in [4.78, 5) is 7.51. The number of benzene rings is 1. The summed E-state index contributed by atoms with van der Waals surface area (Å²) in [7, 11) is 0. The molecule has 27 heavy (non-hydrogen) atoms. The van der Waals surface area contributed by atoms with Crippen molar-refractivity contribution in [1.29, 1.82) is 0 Å². The van der Waals surface area contributed by atoms with Crippen LogP contribution in [0.4, 0.5) is 5.69 Å². The second-order valence-electron chi connectivity index (χ2n) is 8.45. The van der Waals surface area contributed by atoms with Gasteiger partial charge in [-0.3, -0.25) is 4.98 Å². The Labute approximate surface area is 164 Å². The second-order valence-corrected chi connectivity index (χ2v) is 8.45. The third-order valence-electron chi connectivity index (χ3n) is 5.90. The van der Waals surface area contributed by atoms with Crippen molar-refractivity contribution in [3.63, 3.8) is 0 Å². The Morgan fingerprint density at radius 2 is 1.63 bits per heavy atom. The maximum absolute atomic E-state index is 5.63. The fraction of sp³-hybridized carbons (Fsp3) is 0.542. The molecule has 0 atom stereocenters. The Balaban J connectivity index is 2.10. The molecule has 146 valence electrons. The first-order chi connectivity index (χ1) is 12.9. The first kappa shape index (κ1) is 19.7. The molecule has 1 saturated heterocycles. The molecule has 0 N–H and O–H groups in total. The number of nitrogens with zero attached hydrogens (tertiary/aromatic N) is 2. The van der Waals surface area contributed by atoms with Gasteiger partial charge >= 0.3 is 0 Å². The summed E-state index contributed by atoms with van der Waals surface area (Å²) >= 11 is 0. The van der Waals surface area contributed by atoms with Crippen LogP contribution in [0.1, 0.15) is 57.5 Å². The Kier molecular flexibility index (Phi) is 5.78. The molecule has 1 aliphatic heterocycles. The zero-order valence-corrected chi connectivity index (χ0v) is 17.9. The van der Waals surface area contributed by atoms with E-state index in [1.54, 1.807) is 0 Å². The van der Waals surface area contributed by atoms with Crippen molar-refractivity contribution in [1.82, 2.24) is 4.98 Å². The van der Waals surface area contributed by atoms with Gasteiger partial charge in [-0.1, -0.05) is 32.9 Å². The highest BCUT2D eigenvalue weighted by Crippen LogP contribution is 2.41. The molecule has 3 heteroatoms. The molecule has 0 spiro atoms. The Morgan fingerprint density at radius 3 is 2.19 bits per heavy atom. The lowest BCUT2D eigenvalue weighted by molar-refractivity contribution is 0.279. The van der Waals surface area contributed by atoms with Crippen molar-refractivity contribution in [2.45, 2.75) is 60.8 Å². The number of hydrogen-bond donors (Lipinski definition) is 0. The molecule has 2 heterocycles. The quantitative estimate of drug-likeness (QED) is 0.653. The van der Waals surface area contributed by atoms with Crippen LogP contribution in [0.5, 0.6) is 5.75 Å². The van der Waals surface area contributed by atoms with Crippen LogP contribution in [0.15, 0.2) is 24.3 Å². The third-order valence-corrected chi connectivity index (χ3v) is 5.90. The van der Waals surface area contributed by atoms with Gasteiger partial charge in [0.15, 0.2) is 0 Å². The van der Waals surface area contributed by atoms with Crippen LogP contribution in [0.3, 0.4) is 0 Å². The van der Waals surface area contributed by atoms with Gasteiger partial charge in [0.2, 0.25) is 0 Å². The highest BCUT2D eigenvalue weighted by Gasteiger charge is 2.29. The van der Waals surface area contributed by atoms with Crippen molar-refractivity contribution in [2.24, 2.45) is 5.41 Å². The van der Waals surface area contributed by atoms with Crippen LogP contribution in [0, 0.1) is 19.3 Å². The normalized spacial score (nSPS) is 16.4. The van der Waals surface area contributed by atoms with E-state index in [4.69, 9.17) is 9.72 Å². The number of aryl methyl sites for hydroxylation is 2. The SMILES string of the molecule is CCOc1ccc(-c2c(C)nc(C)c(CC)c2N2CCC(C)(C)CC2)cc1. The second kappa shape index (κ2) is 7.92. The maximum atomic E-state index is 5.63. The minimum absolute atomic E-state index is 0.444. The zero-order chi connectivity index (χ0) is 19.6. The minimum atomic E-state index is 0.444. The number of anilines is 1. The molecule has 0 unspecified atom stereocenters. The van der Waals surface area contributed by atoms with Crippen molar-refractivity contribution >= 4 is 5.69 Å². The van der Waals surface area contributed by atoms with Gasteiger partial charge in [0.05, 0.1) is 12.3 Å². The molecule has 0 amide bonds. The van der Waals surface area contributed by atoms with Crippen LogP contribution < -0.4 is 9.64 Å². The molecule has 3 nitrogen and oxygen atoms in total. The van der Waals surface area contributed by atoms with E-state index in [0.29, 0.717) is 12.0 Å². The average Bonchev–Trinajstić information content (AvgIpc) is 2.62. The summed E-state index contributed by atoms with van der Waals surface area (Å²) in [5.41, 5.74) is 8.06. The molecule has 0 saturated carbocycles. The zero-order valence-electron chi connectivity index (χ0n) is 17.9. The topological polar surface area (TPSA) is 25.4 Å². The van der Waals surface area contributed by atoms with Gasteiger partial charge in [-0.2, -0.15) is 0 Å². The van der Waals surface area contributed by atoms with E-state index in [9.17, 15) is 0 Å².